The molecule has 0 bridgehead atoms. The van der Waals surface area contributed by atoms with Crippen LogP contribution in [0.5, 0.6) is 0 Å². The molecule has 0 amide bonds. The van der Waals surface area contributed by atoms with Crippen LogP contribution in [0.25, 0.3) is 0 Å². The highest BCUT2D eigenvalue weighted by atomic mass is 32.1. The molecule has 112 valence electrons. The highest BCUT2D eigenvalue weighted by molar-refractivity contribution is 7.80. The van der Waals surface area contributed by atoms with Gasteiger partial charge >= 0.3 is 5.97 Å². The van der Waals surface area contributed by atoms with E-state index in [0.717, 1.165) is 18.6 Å². The van der Waals surface area contributed by atoms with Crippen LogP contribution in [0.4, 0.5) is 0 Å². The molecule has 0 spiro atoms. The Hall–Kier alpha value is -0.920. The van der Waals surface area contributed by atoms with Crippen LogP contribution in [0.1, 0.15) is 57.8 Å². The number of hydrogen-bond donors (Lipinski definition) is 1. The number of esters is 1. The molecule has 0 heterocycles. The monoisotopic (exact) mass is 294 g/mol. The van der Waals surface area contributed by atoms with Crippen LogP contribution in [0.2, 0.25) is 0 Å². The fraction of sp³-hybridized carbons (Fsp3) is 0.647. The van der Waals surface area contributed by atoms with Crippen LogP contribution in [-0.2, 0) is 9.53 Å². The van der Waals surface area contributed by atoms with E-state index in [9.17, 15) is 4.79 Å². The molecule has 2 nitrogen and oxygen atoms in total. The molecule has 0 saturated heterocycles. The Morgan fingerprint density at radius 3 is 2.15 bits per heavy atom. The maximum absolute atomic E-state index is 11.5. The van der Waals surface area contributed by atoms with Gasteiger partial charge in [-0.2, -0.15) is 12.6 Å². The maximum Gasteiger partial charge on any atom is 0.346 e. The summed E-state index contributed by atoms with van der Waals surface area (Å²) in [5, 5.41) is 0. The van der Waals surface area contributed by atoms with Crippen molar-refractivity contribution >= 4 is 18.6 Å². The number of carbonyl (C=O) groups is 1. The predicted molar refractivity (Wildman–Crippen MR) is 87.1 cm³/mol. The van der Waals surface area contributed by atoms with Crippen LogP contribution >= 0.6 is 12.6 Å². The van der Waals surface area contributed by atoms with Gasteiger partial charge in [0.05, 0.1) is 6.61 Å². The summed E-state index contributed by atoms with van der Waals surface area (Å²) in [5.41, 5.74) is 3.38. The third kappa shape index (κ3) is 8.29. The van der Waals surface area contributed by atoms with Crippen LogP contribution < -0.4 is 0 Å². The minimum absolute atomic E-state index is 0.251. The minimum Gasteiger partial charge on any atom is -0.462 e. The number of thiol groups is 1. The van der Waals surface area contributed by atoms with Gasteiger partial charge in [-0.05, 0) is 30.7 Å². The smallest absolute Gasteiger partial charge is 0.346 e. The molecule has 0 radical (unpaired) electrons. The summed E-state index contributed by atoms with van der Waals surface area (Å²) in [6.45, 7) is 0.528. The highest BCUT2D eigenvalue weighted by Gasteiger charge is 2.08. The van der Waals surface area contributed by atoms with Crippen LogP contribution in [0, 0.1) is 0 Å². The summed E-state index contributed by atoms with van der Waals surface area (Å²) in [5.74, 6) is 0.764. The molecule has 20 heavy (non-hydrogen) atoms. The van der Waals surface area contributed by atoms with Gasteiger partial charge in [0, 0.05) is 0 Å². The van der Waals surface area contributed by atoms with Crippen LogP contribution in [0.3, 0.4) is 0 Å². The SMILES string of the molecule is O=C(OCCCCCCCCCCCS)C1=C=CC=C1. The zero-order valence-corrected chi connectivity index (χ0v) is 13.2. The van der Waals surface area contributed by atoms with Gasteiger partial charge in [0.2, 0.25) is 0 Å². The van der Waals surface area contributed by atoms with E-state index in [1.807, 2.05) is 0 Å². The van der Waals surface area contributed by atoms with Crippen molar-refractivity contribution in [3.8, 4) is 0 Å². The summed E-state index contributed by atoms with van der Waals surface area (Å²) in [7, 11) is 0. The number of hydrogen-bond acceptors (Lipinski definition) is 3. The molecular formula is C17H26O2S. The van der Waals surface area contributed by atoms with Gasteiger partial charge in [-0.3, -0.25) is 0 Å². The van der Waals surface area contributed by atoms with Crippen molar-refractivity contribution in [3.63, 3.8) is 0 Å². The van der Waals surface area contributed by atoms with E-state index in [-0.39, 0.29) is 5.97 Å². The first-order valence-electron chi connectivity index (χ1n) is 7.76. The van der Waals surface area contributed by atoms with E-state index in [4.69, 9.17) is 4.74 Å². The molecule has 1 rings (SSSR count). The Morgan fingerprint density at radius 1 is 1.00 bits per heavy atom. The number of ether oxygens (including phenoxy) is 1. The van der Waals surface area contributed by atoms with Gasteiger partial charge in [0.25, 0.3) is 0 Å². The van der Waals surface area contributed by atoms with E-state index in [1.165, 1.54) is 44.9 Å². The van der Waals surface area contributed by atoms with Crippen molar-refractivity contribution in [1.82, 2.24) is 0 Å². The maximum atomic E-state index is 11.5. The number of allylic oxidation sites excluding steroid dienone is 1. The summed E-state index contributed by atoms with van der Waals surface area (Å²) in [6, 6.07) is 0. The third-order valence-corrected chi connectivity index (χ3v) is 3.67. The third-order valence-electron chi connectivity index (χ3n) is 3.35. The minimum atomic E-state index is -0.251. The average molecular weight is 294 g/mol. The first-order chi connectivity index (χ1) is 9.84. The van der Waals surface area contributed by atoms with Crippen molar-refractivity contribution in [1.29, 1.82) is 0 Å². The molecular weight excluding hydrogens is 268 g/mol. The molecule has 0 fully saturated rings. The molecule has 3 heteroatoms. The fourth-order valence-electron chi connectivity index (χ4n) is 2.15. The van der Waals surface area contributed by atoms with Crippen molar-refractivity contribution < 1.29 is 9.53 Å². The Kier molecular flexibility index (Phi) is 10.2. The first kappa shape index (κ1) is 17.1. The summed E-state index contributed by atoms with van der Waals surface area (Å²) < 4.78 is 5.18. The van der Waals surface area contributed by atoms with Crippen molar-refractivity contribution in [2.45, 2.75) is 57.8 Å². The summed E-state index contributed by atoms with van der Waals surface area (Å²) >= 11 is 4.21. The van der Waals surface area contributed by atoms with Gasteiger partial charge in [-0.1, -0.05) is 51.0 Å². The molecule has 0 aromatic heterocycles. The zero-order valence-electron chi connectivity index (χ0n) is 12.3. The molecule has 0 unspecified atom stereocenters. The van der Waals surface area contributed by atoms with Crippen LogP contribution in [0.15, 0.2) is 29.5 Å². The van der Waals surface area contributed by atoms with Crippen molar-refractivity contribution in [3.05, 3.63) is 29.5 Å². The van der Waals surface area contributed by atoms with Gasteiger partial charge < -0.3 is 4.74 Å². The average Bonchev–Trinajstić information content (AvgIpc) is 2.99. The first-order valence-corrected chi connectivity index (χ1v) is 8.39. The molecule has 0 N–H and O–H groups in total. The van der Waals surface area contributed by atoms with E-state index < -0.39 is 0 Å². The lowest BCUT2D eigenvalue weighted by Gasteiger charge is -2.04. The predicted octanol–water partition coefficient (Wildman–Crippen LogP) is 4.62. The molecule has 0 aliphatic heterocycles. The number of rotatable bonds is 12. The standard InChI is InChI=1S/C17H26O2S/c18-17(16-12-8-9-13-16)19-14-10-6-4-2-1-3-5-7-11-15-20/h8-9,12,20H,1-7,10-11,14-15H2. The van der Waals surface area contributed by atoms with Gasteiger partial charge in [-0.25, -0.2) is 4.79 Å². The second-order valence-corrected chi connectivity index (χ2v) is 5.57. The molecule has 0 aromatic carbocycles. The lowest BCUT2D eigenvalue weighted by atomic mass is 10.1. The molecule has 0 saturated carbocycles. The van der Waals surface area contributed by atoms with Crippen molar-refractivity contribution in [2.24, 2.45) is 0 Å². The Labute approximate surface area is 128 Å². The lowest BCUT2D eigenvalue weighted by molar-refractivity contribution is -0.138. The number of unbranched alkanes of at least 4 members (excludes halogenated alkanes) is 8. The summed E-state index contributed by atoms with van der Waals surface area (Å²) in [6.07, 6.45) is 16.5. The topological polar surface area (TPSA) is 26.3 Å². The highest BCUT2D eigenvalue weighted by Crippen LogP contribution is 2.10. The van der Waals surface area contributed by atoms with E-state index >= 15 is 0 Å². The van der Waals surface area contributed by atoms with Gasteiger partial charge in [0.1, 0.15) is 5.57 Å². The summed E-state index contributed by atoms with van der Waals surface area (Å²) in [4.78, 5) is 11.5. The second kappa shape index (κ2) is 11.9. The van der Waals surface area contributed by atoms with Gasteiger partial charge in [0.15, 0.2) is 0 Å². The normalized spacial score (nSPS) is 12.8. The molecule has 1 aliphatic rings. The Balaban J connectivity index is 1.82. The fourth-order valence-corrected chi connectivity index (χ4v) is 2.37. The molecule has 1 aliphatic carbocycles. The lowest BCUT2D eigenvalue weighted by Crippen LogP contribution is -2.06. The van der Waals surface area contributed by atoms with E-state index in [1.54, 1.807) is 18.2 Å². The molecule has 0 aromatic rings. The Morgan fingerprint density at radius 2 is 1.60 bits per heavy atom. The van der Waals surface area contributed by atoms with Crippen LogP contribution in [-0.4, -0.2) is 18.3 Å². The second-order valence-electron chi connectivity index (χ2n) is 5.13. The largest absolute Gasteiger partial charge is 0.462 e. The van der Waals surface area contributed by atoms with E-state index in [2.05, 4.69) is 18.4 Å². The quantitative estimate of drug-likeness (QED) is 0.246. The van der Waals surface area contributed by atoms with E-state index in [0.29, 0.717) is 12.2 Å². The molecule has 0 atom stereocenters. The van der Waals surface area contributed by atoms with Gasteiger partial charge in [-0.15, -0.1) is 5.73 Å². The Bertz CT molecular complexity index is 365. The zero-order chi connectivity index (χ0) is 14.5. The van der Waals surface area contributed by atoms with Crippen molar-refractivity contribution in [2.75, 3.05) is 12.4 Å². The number of carbonyl (C=O) groups excluding carboxylic acids is 1.